The molecule has 0 heterocycles. The number of esters is 1. The molecule has 2 aliphatic carbocycles. The third-order valence-corrected chi connectivity index (χ3v) is 7.65. The van der Waals surface area contributed by atoms with Crippen LogP contribution in [0.3, 0.4) is 0 Å². The molecule has 0 radical (unpaired) electrons. The monoisotopic (exact) mass is 422 g/mol. The molecular weight excluding hydrogens is 387 g/mol. The zero-order chi connectivity index (χ0) is 21.6. The summed E-state index contributed by atoms with van der Waals surface area (Å²) in [7, 11) is 0. The Morgan fingerprint density at radius 3 is 2.16 bits per heavy atom. The molecule has 3 heteroatoms. The Morgan fingerprint density at radius 1 is 0.903 bits per heavy atom. The number of carbonyl (C=O) groups is 1. The summed E-state index contributed by atoms with van der Waals surface area (Å²) in [5, 5.41) is 0. The van der Waals surface area contributed by atoms with Crippen LogP contribution in [-0.4, -0.2) is 5.97 Å². The van der Waals surface area contributed by atoms with Crippen LogP contribution in [0, 0.1) is 23.6 Å². The van der Waals surface area contributed by atoms with Gasteiger partial charge >= 0.3 is 5.97 Å². The number of ether oxygens (including phenoxy) is 1. The van der Waals surface area contributed by atoms with Crippen LogP contribution >= 0.6 is 0 Å². The molecule has 31 heavy (non-hydrogen) atoms. The number of hydrogen-bond donors (Lipinski definition) is 0. The van der Waals surface area contributed by atoms with E-state index < -0.39 is 11.8 Å². The zero-order valence-corrected chi connectivity index (χ0v) is 18.7. The molecule has 0 aliphatic heterocycles. The van der Waals surface area contributed by atoms with Crippen LogP contribution in [0.4, 0.5) is 4.39 Å². The molecule has 0 atom stereocenters. The first-order chi connectivity index (χ1) is 15.1. The van der Waals surface area contributed by atoms with Gasteiger partial charge in [0.2, 0.25) is 0 Å². The van der Waals surface area contributed by atoms with Gasteiger partial charge in [0.25, 0.3) is 0 Å². The Morgan fingerprint density at radius 2 is 1.55 bits per heavy atom. The molecule has 166 valence electrons. The van der Waals surface area contributed by atoms with E-state index in [1.165, 1.54) is 88.0 Å². The van der Waals surface area contributed by atoms with Gasteiger partial charge < -0.3 is 4.74 Å². The van der Waals surface area contributed by atoms with E-state index in [9.17, 15) is 9.18 Å². The fraction of sp³-hybridized carbons (Fsp3) is 0.536. The molecule has 0 bridgehead atoms. The van der Waals surface area contributed by atoms with E-state index in [1.54, 1.807) is 6.07 Å². The number of carbonyl (C=O) groups excluding carboxylic acids is 1. The predicted octanol–water partition coefficient (Wildman–Crippen LogP) is 7.93. The first-order valence-electron chi connectivity index (χ1n) is 12.2. The summed E-state index contributed by atoms with van der Waals surface area (Å²) >= 11 is 0. The van der Waals surface area contributed by atoms with Gasteiger partial charge in [0.15, 0.2) is 0 Å². The standard InChI is InChI=1S/C28H35FO2/c1-2-4-20-7-9-21(10-8-20)22-11-13-23(14-12-22)24-15-17-27(18-16-24)31-28(30)25-5-3-6-26(29)19-25/h3,5-6,15-23H,2,4,7-14H2,1H3/t20-,21-,22?,23?. The highest BCUT2D eigenvalue weighted by molar-refractivity contribution is 5.91. The number of hydrogen-bond acceptors (Lipinski definition) is 2. The van der Waals surface area contributed by atoms with E-state index in [2.05, 4.69) is 19.1 Å². The number of halogens is 1. The summed E-state index contributed by atoms with van der Waals surface area (Å²) in [6.07, 6.45) is 13.8. The predicted molar refractivity (Wildman–Crippen MR) is 123 cm³/mol. The fourth-order valence-electron chi connectivity index (χ4n) is 5.87. The van der Waals surface area contributed by atoms with Gasteiger partial charge in [-0.2, -0.15) is 0 Å². The topological polar surface area (TPSA) is 26.3 Å². The second kappa shape index (κ2) is 10.4. The summed E-state index contributed by atoms with van der Waals surface area (Å²) in [5.41, 5.74) is 1.57. The lowest BCUT2D eigenvalue weighted by Gasteiger charge is -2.38. The maximum atomic E-state index is 13.3. The van der Waals surface area contributed by atoms with Crippen LogP contribution in [0.2, 0.25) is 0 Å². The molecule has 0 spiro atoms. The van der Waals surface area contributed by atoms with Gasteiger partial charge in [-0.25, -0.2) is 9.18 Å². The van der Waals surface area contributed by atoms with Gasteiger partial charge in [-0.05, 0) is 98.1 Å². The summed E-state index contributed by atoms with van der Waals surface area (Å²) in [6.45, 7) is 2.31. The second-order valence-corrected chi connectivity index (χ2v) is 9.65. The molecule has 0 saturated heterocycles. The van der Waals surface area contributed by atoms with E-state index in [1.807, 2.05) is 12.1 Å². The van der Waals surface area contributed by atoms with Crippen molar-refractivity contribution in [2.24, 2.45) is 17.8 Å². The minimum absolute atomic E-state index is 0.228. The SMILES string of the molecule is CCC[C@H]1CC[C@H](C2CCC(c3ccc(OC(=O)c4cccc(F)c4)cc3)CC2)CC1. The van der Waals surface area contributed by atoms with Crippen molar-refractivity contribution in [2.45, 2.75) is 77.0 Å². The van der Waals surface area contributed by atoms with Gasteiger partial charge in [-0.3, -0.25) is 0 Å². The van der Waals surface area contributed by atoms with Crippen molar-refractivity contribution in [2.75, 3.05) is 0 Å². The highest BCUT2D eigenvalue weighted by Gasteiger charge is 2.31. The van der Waals surface area contributed by atoms with E-state index in [0.29, 0.717) is 11.7 Å². The highest BCUT2D eigenvalue weighted by Crippen LogP contribution is 2.44. The van der Waals surface area contributed by atoms with Gasteiger partial charge in [-0.15, -0.1) is 0 Å². The van der Waals surface area contributed by atoms with Crippen LogP contribution in [0.5, 0.6) is 5.75 Å². The molecule has 0 unspecified atom stereocenters. The Labute approximate surface area is 186 Å². The van der Waals surface area contributed by atoms with Gasteiger partial charge in [0.05, 0.1) is 5.56 Å². The van der Waals surface area contributed by atoms with Crippen molar-refractivity contribution in [3.8, 4) is 5.75 Å². The molecule has 2 fully saturated rings. The van der Waals surface area contributed by atoms with E-state index >= 15 is 0 Å². The van der Waals surface area contributed by atoms with Crippen molar-refractivity contribution in [3.63, 3.8) is 0 Å². The molecule has 2 nitrogen and oxygen atoms in total. The van der Waals surface area contributed by atoms with Gasteiger partial charge in [-0.1, -0.05) is 50.8 Å². The van der Waals surface area contributed by atoms with Crippen molar-refractivity contribution in [1.29, 1.82) is 0 Å². The highest BCUT2D eigenvalue weighted by atomic mass is 19.1. The fourth-order valence-corrected chi connectivity index (χ4v) is 5.87. The average Bonchev–Trinajstić information content (AvgIpc) is 2.80. The third kappa shape index (κ3) is 5.75. The molecule has 2 aromatic rings. The minimum Gasteiger partial charge on any atom is -0.423 e. The third-order valence-electron chi connectivity index (χ3n) is 7.65. The second-order valence-electron chi connectivity index (χ2n) is 9.65. The summed E-state index contributed by atoms with van der Waals surface area (Å²) in [5.74, 6) is 3.03. The van der Waals surface area contributed by atoms with Crippen LogP contribution in [-0.2, 0) is 0 Å². The Bertz CT molecular complexity index is 844. The van der Waals surface area contributed by atoms with E-state index in [4.69, 9.17) is 4.74 Å². The van der Waals surface area contributed by atoms with Crippen molar-refractivity contribution < 1.29 is 13.9 Å². The molecule has 0 aromatic heterocycles. The summed E-state index contributed by atoms with van der Waals surface area (Å²) in [4.78, 5) is 12.2. The lowest BCUT2D eigenvalue weighted by molar-refractivity contribution is 0.0734. The average molecular weight is 423 g/mol. The van der Waals surface area contributed by atoms with Crippen LogP contribution < -0.4 is 4.74 Å². The Balaban J connectivity index is 1.26. The number of rotatable bonds is 6. The minimum atomic E-state index is -0.526. The quantitative estimate of drug-likeness (QED) is 0.349. The molecular formula is C28H35FO2. The number of benzene rings is 2. The summed E-state index contributed by atoms with van der Waals surface area (Å²) in [6, 6.07) is 13.5. The van der Waals surface area contributed by atoms with Crippen LogP contribution in [0.15, 0.2) is 48.5 Å². The largest absolute Gasteiger partial charge is 0.423 e. The molecule has 2 aromatic carbocycles. The maximum absolute atomic E-state index is 13.3. The molecule has 2 aliphatic rings. The first-order valence-corrected chi connectivity index (χ1v) is 12.2. The van der Waals surface area contributed by atoms with E-state index in [-0.39, 0.29) is 5.56 Å². The zero-order valence-electron chi connectivity index (χ0n) is 18.7. The first kappa shape index (κ1) is 22.0. The van der Waals surface area contributed by atoms with E-state index in [0.717, 1.165) is 17.8 Å². The lowest BCUT2D eigenvalue weighted by Crippen LogP contribution is -2.25. The maximum Gasteiger partial charge on any atom is 0.343 e. The van der Waals surface area contributed by atoms with Crippen molar-refractivity contribution in [1.82, 2.24) is 0 Å². The van der Waals surface area contributed by atoms with Crippen LogP contribution in [0.1, 0.15) is 93.0 Å². The lowest BCUT2D eigenvalue weighted by atomic mass is 9.68. The van der Waals surface area contributed by atoms with Crippen molar-refractivity contribution in [3.05, 3.63) is 65.5 Å². The Kier molecular flexibility index (Phi) is 7.42. The smallest absolute Gasteiger partial charge is 0.343 e. The van der Waals surface area contributed by atoms with Gasteiger partial charge in [0.1, 0.15) is 11.6 Å². The molecule has 4 rings (SSSR count). The molecule has 2 saturated carbocycles. The van der Waals surface area contributed by atoms with Gasteiger partial charge in [0, 0.05) is 0 Å². The van der Waals surface area contributed by atoms with Crippen LogP contribution in [0.25, 0.3) is 0 Å². The van der Waals surface area contributed by atoms with Crippen molar-refractivity contribution >= 4 is 5.97 Å². The Hall–Kier alpha value is -2.16. The molecule has 0 amide bonds. The summed E-state index contributed by atoms with van der Waals surface area (Å²) < 4.78 is 18.7. The molecule has 0 N–H and O–H groups in total. The normalized spacial score (nSPS) is 26.4.